The van der Waals surface area contributed by atoms with Crippen LogP contribution in [-0.4, -0.2) is 54.1 Å². The Balaban J connectivity index is 1.95. The van der Waals surface area contributed by atoms with Crippen molar-refractivity contribution in [2.24, 2.45) is 16.5 Å². The molecule has 1 aromatic rings. The second kappa shape index (κ2) is 9.59. The van der Waals surface area contributed by atoms with Crippen molar-refractivity contribution in [1.82, 2.24) is 10.2 Å². The molecule has 11 heteroatoms. The van der Waals surface area contributed by atoms with Crippen LogP contribution in [0.5, 0.6) is 0 Å². The predicted molar refractivity (Wildman–Crippen MR) is 111 cm³/mol. The molecule has 1 atom stereocenters. The minimum atomic E-state index is -2.87. The van der Waals surface area contributed by atoms with Crippen molar-refractivity contribution in [1.29, 1.82) is 0 Å². The molecule has 0 radical (unpaired) electrons. The number of hydrogen-bond acceptors (Lipinski definition) is 4. The molecular weight excluding hydrogens is 435 g/mol. The lowest BCUT2D eigenvalue weighted by atomic mass is 10.00. The van der Waals surface area contributed by atoms with Gasteiger partial charge in [0.05, 0.1) is 35.1 Å². The molecule has 3 rings (SSSR count). The number of urea groups is 1. The summed E-state index contributed by atoms with van der Waals surface area (Å²) in [4.78, 5) is 30.0. The first-order valence-corrected chi connectivity index (χ1v) is 10.2. The Labute approximate surface area is 182 Å². The number of nitrogens with two attached hydrogens (primary N) is 2. The zero-order valence-electron chi connectivity index (χ0n) is 16.6. The van der Waals surface area contributed by atoms with Gasteiger partial charge in [0.2, 0.25) is 0 Å². The molecule has 1 unspecified atom stereocenters. The summed E-state index contributed by atoms with van der Waals surface area (Å²) in [6, 6.07) is 1.44. The molecule has 31 heavy (non-hydrogen) atoms. The number of halogens is 4. The van der Waals surface area contributed by atoms with E-state index in [2.05, 4.69) is 10.3 Å². The van der Waals surface area contributed by atoms with Crippen LogP contribution >= 0.6 is 11.6 Å². The first kappa shape index (κ1) is 22.9. The molecule has 3 amide bonds. The number of rotatable bonds is 5. The number of carbonyl (C=O) groups excluding carboxylic acids is 2. The Morgan fingerprint density at radius 1 is 1.23 bits per heavy atom. The van der Waals surface area contributed by atoms with Gasteiger partial charge in [-0.2, -0.15) is 0 Å². The zero-order chi connectivity index (χ0) is 22.7. The number of nitrogens with one attached hydrogen (secondary N) is 1. The molecule has 0 aromatic heterocycles. The molecule has 1 saturated carbocycles. The summed E-state index contributed by atoms with van der Waals surface area (Å²) in [6.07, 6.45) is 0.755. The number of benzene rings is 1. The fourth-order valence-corrected chi connectivity index (χ4v) is 3.94. The van der Waals surface area contributed by atoms with Crippen LogP contribution in [0.3, 0.4) is 0 Å². The third kappa shape index (κ3) is 5.30. The van der Waals surface area contributed by atoms with Gasteiger partial charge in [-0.3, -0.25) is 9.79 Å². The van der Waals surface area contributed by atoms with E-state index in [0.717, 1.165) is 31.7 Å². The predicted octanol–water partition coefficient (Wildman–Crippen LogP) is 2.68. The zero-order valence-corrected chi connectivity index (χ0v) is 17.3. The molecule has 0 spiro atoms. The van der Waals surface area contributed by atoms with Gasteiger partial charge in [0.15, 0.2) is 0 Å². The van der Waals surface area contributed by atoms with Crippen LogP contribution in [0, 0.1) is 5.82 Å². The lowest BCUT2D eigenvalue weighted by Crippen LogP contribution is -2.53. The minimum absolute atomic E-state index is 0.0163. The van der Waals surface area contributed by atoms with Crippen LogP contribution in [0.25, 0.3) is 5.70 Å². The Morgan fingerprint density at radius 3 is 2.48 bits per heavy atom. The van der Waals surface area contributed by atoms with Crippen LogP contribution < -0.4 is 16.8 Å². The molecule has 2 aliphatic rings. The van der Waals surface area contributed by atoms with Crippen molar-refractivity contribution in [3.8, 4) is 0 Å². The van der Waals surface area contributed by atoms with Crippen molar-refractivity contribution in [3.63, 3.8) is 0 Å². The van der Waals surface area contributed by atoms with Crippen molar-refractivity contribution >= 4 is 34.9 Å². The van der Waals surface area contributed by atoms with E-state index in [1.165, 1.54) is 17.0 Å². The molecule has 0 bridgehead atoms. The summed E-state index contributed by atoms with van der Waals surface area (Å²) >= 11 is 5.78. The standard InChI is InChI=1S/C20H23ClF3N5O2/c21-12-7-10(5-6-13(12)22)17(25)16(19(26)30)14-8-29(9-15(28-14)18(23)24)20(31)27-11-3-1-2-4-11/h5-7,11,15,18H,1-4,8-9,25H2,(H2,26,30)(H,27,31). The summed E-state index contributed by atoms with van der Waals surface area (Å²) in [7, 11) is 0. The second-order valence-electron chi connectivity index (χ2n) is 7.57. The quantitative estimate of drug-likeness (QED) is 0.590. The Hall–Kier alpha value is -2.75. The summed E-state index contributed by atoms with van der Waals surface area (Å²) in [5, 5.41) is 2.60. The van der Waals surface area contributed by atoms with E-state index in [4.69, 9.17) is 23.1 Å². The SMILES string of the molecule is NC(=O)C(C1=NC(C(F)F)CN(C(=O)NC2CCCC2)C1)=C(N)c1ccc(F)c(Cl)c1. The van der Waals surface area contributed by atoms with Gasteiger partial charge in [-0.15, -0.1) is 0 Å². The number of amides is 3. The molecule has 1 aliphatic heterocycles. The lowest BCUT2D eigenvalue weighted by molar-refractivity contribution is -0.114. The second-order valence-corrected chi connectivity index (χ2v) is 7.98. The topological polar surface area (TPSA) is 114 Å². The van der Waals surface area contributed by atoms with Gasteiger partial charge in [0, 0.05) is 6.04 Å². The summed E-state index contributed by atoms with van der Waals surface area (Å²) in [5.74, 6) is -1.70. The summed E-state index contributed by atoms with van der Waals surface area (Å²) in [5.41, 5.74) is 11.1. The average molecular weight is 458 g/mol. The molecule has 7 nitrogen and oxygen atoms in total. The van der Waals surface area contributed by atoms with Crippen molar-refractivity contribution < 1.29 is 22.8 Å². The van der Waals surface area contributed by atoms with Crippen LogP contribution in [0.2, 0.25) is 5.02 Å². The maximum atomic E-state index is 13.5. The average Bonchev–Trinajstić information content (AvgIpc) is 3.22. The molecule has 1 aliphatic carbocycles. The van der Waals surface area contributed by atoms with Gasteiger partial charge in [-0.1, -0.05) is 24.4 Å². The fourth-order valence-electron chi connectivity index (χ4n) is 3.76. The van der Waals surface area contributed by atoms with E-state index in [1.54, 1.807) is 0 Å². The first-order chi connectivity index (χ1) is 14.7. The molecule has 1 fully saturated rings. The smallest absolute Gasteiger partial charge is 0.318 e. The number of nitrogens with zero attached hydrogens (tertiary/aromatic N) is 2. The highest BCUT2D eigenvalue weighted by Gasteiger charge is 2.34. The maximum absolute atomic E-state index is 13.5. The molecule has 5 N–H and O–H groups in total. The number of alkyl halides is 2. The van der Waals surface area contributed by atoms with Gasteiger partial charge < -0.3 is 21.7 Å². The third-order valence-corrected chi connectivity index (χ3v) is 5.66. The van der Waals surface area contributed by atoms with Crippen molar-refractivity contribution in [2.75, 3.05) is 13.1 Å². The van der Waals surface area contributed by atoms with E-state index in [-0.39, 0.29) is 46.7 Å². The van der Waals surface area contributed by atoms with Gasteiger partial charge >= 0.3 is 6.03 Å². The number of carbonyl (C=O) groups is 2. The summed E-state index contributed by atoms with van der Waals surface area (Å²) in [6.45, 7) is -0.538. The highest BCUT2D eigenvalue weighted by molar-refractivity contribution is 6.31. The largest absolute Gasteiger partial charge is 0.398 e. The monoisotopic (exact) mass is 457 g/mol. The molecule has 1 heterocycles. The Morgan fingerprint density at radius 2 is 1.90 bits per heavy atom. The fraction of sp³-hybridized carbons (Fsp3) is 0.450. The maximum Gasteiger partial charge on any atom is 0.318 e. The van der Waals surface area contributed by atoms with E-state index in [1.807, 2.05) is 0 Å². The van der Waals surface area contributed by atoms with Gasteiger partial charge in [0.1, 0.15) is 11.9 Å². The van der Waals surface area contributed by atoms with E-state index < -0.39 is 30.2 Å². The van der Waals surface area contributed by atoms with Crippen molar-refractivity contribution in [2.45, 2.75) is 44.2 Å². The van der Waals surface area contributed by atoms with Crippen LogP contribution in [0.15, 0.2) is 28.8 Å². The molecule has 0 saturated heterocycles. The number of hydrogen-bond donors (Lipinski definition) is 3. The van der Waals surface area contributed by atoms with E-state index >= 15 is 0 Å². The Bertz CT molecular complexity index is 931. The van der Waals surface area contributed by atoms with Crippen LogP contribution in [-0.2, 0) is 4.79 Å². The van der Waals surface area contributed by atoms with Crippen LogP contribution in [0.4, 0.5) is 18.0 Å². The number of primary amides is 1. The molecule has 1 aromatic carbocycles. The number of aliphatic imine (C=N–C) groups is 1. The molecular formula is C20H23ClF3N5O2. The Kier molecular flexibility index (Phi) is 7.09. The van der Waals surface area contributed by atoms with E-state index in [9.17, 15) is 22.8 Å². The lowest BCUT2D eigenvalue weighted by Gasteiger charge is -2.32. The van der Waals surface area contributed by atoms with Gasteiger partial charge in [0.25, 0.3) is 12.3 Å². The van der Waals surface area contributed by atoms with Crippen LogP contribution in [0.1, 0.15) is 31.2 Å². The summed E-state index contributed by atoms with van der Waals surface area (Å²) < 4.78 is 40.6. The highest BCUT2D eigenvalue weighted by atomic mass is 35.5. The van der Waals surface area contributed by atoms with Crippen molar-refractivity contribution in [3.05, 3.63) is 40.2 Å². The van der Waals surface area contributed by atoms with E-state index in [0.29, 0.717) is 0 Å². The highest BCUT2D eigenvalue weighted by Crippen LogP contribution is 2.24. The van der Waals surface area contributed by atoms with Gasteiger partial charge in [-0.25, -0.2) is 18.0 Å². The minimum Gasteiger partial charge on any atom is -0.398 e. The third-order valence-electron chi connectivity index (χ3n) is 5.37. The normalized spacial score (nSPS) is 20.5. The first-order valence-electron chi connectivity index (χ1n) is 9.83. The van der Waals surface area contributed by atoms with Gasteiger partial charge in [-0.05, 0) is 36.6 Å². The molecule has 168 valence electrons.